The molecule has 1 saturated heterocycles. The molecule has 2 heterocycles. The molecule has 1 N–H and O–H groups in total. The maximum atomic E-state index is 12.2. The van der Waals surface area contributed by atoms with Crippen molar-refractivity contribution in [2.45, 2.75) is 19.6 Å². The van der Waals surface area contributed by atoms with E-state index in [9.17, 15) is 4.79 Å². The lowest BCUT2D eigenvalue weighted by Gasteiger charge is -2.17. The molecule has 0 radical (unpaired) electrons. The minimum Gasteiger partial charge on any atom is -0.376 e. The highest BCUT2D eigenvalue weighted by Crippen LogP contribution is 2.17. The van der Waals surface area contributed by atoms with Gasteiger partial charge in [0.25, 0.3) is 0 Å². The lowest BCUT2D eigenvalue weighted by molar-refractivity contribution is 0.0897. The van der Waals surface area contributed by atoms with Crippen LogP contribution in [0.2, 0.25) is 0 Å². The van der Waals surface area contributed by atoms with Gasteiger partial charge in [0.2, 0.25) is 0 Å². The molecule has 1 aromatic carbocycles. The third-order valence-electron chi connectivity index (χ3n) is 4.06. The van der Waals surface area contributed by atoms with E-state index < -0.39 is 0 Å². The van der Waals surface area contributed by atoms with Gasteiger partial charge in [-0.25, -0.2) is 4.79 Å². The van der Waals surface area contributed by atoms with Crippen molar-refractivity contribution in [3.05, 3.63) is 58.3 Å². The third kappa shape index (κ3) is 4.81. The summed E-state index contributed by atoms with van der Waals surface area (Å²) < 4.78 is 5.79. The molecule has 1 aliphatic rings. The molecule has 1 fully saturated rings. The van der Waals surface area contributed by atoms with Crippen LogP contribution >= 0.6 is 11.3 Å². The first-order chi connectivity index (χ1) is 11.3. The highest BCUT2D eigenvalue weighted by molar-refractivity contribution is 7.07. The molecule has 0 bridgehead atoms. The lowest BCUT2D eigenvalue weighted by atomic mass is 10.1. The van der Waals surface area contributed by atoms with Crippen molar-refractivity contribution < 1.29 is 9.53 Å². The first-order valence-electron chi connectivity index (χ1n) is 7.97. The Morgan fingerprint density at radius 1 is 1.26 bits per heavy atom. The predicted molar refractivity (Wildman–Crippen MR) is 92.3 cm³/mol. The van der Waals surface area contributed by atoms with Gasteiger partial charge in [0.15, 0.2) is 0 Å². The number of rotatable bonds is 6. The topological polar surface area (TPSA) is 41.6 Å². The van der Waals surface area contributed by atoms with Crippen LogP contribution in [-0.4, -0.2) is 30.6 Å². The Bertz CT molecular complexity index is 601. The van der Waals surface area contributed by atoms with Crippen LogP contribution in [0.4, 0.5) is 4.79 Å². The van der Waals surface area contributed by atoms with Crippen LogP contribution in [0, 0.1) is 5.92 Å². The van der Waals surface area contributed by atoms with E-state index in [0.717, 1.165) is 25.1 Å². The quantitative estimate of drug-likeness (QED) is 0.881. The number of benzene rings is 1. The van der Waals surface area contributed by atoms with Crippen LogP contribution < -0.4 is 5.32 Å². The normalized spacial score (nSPS) is 17.4. The van der Waals surface area contributed by atoms with Crippen molar-refractivity contribution in [1.29, 1.82) is 0 Å². The summed E-state index contributed by atoms with van der Waals surface area (Å²) in [5.41, 5.74) is 2.35. The number of carbonyl (C=O) groups is 1. The Morgan fingerprint density at radius 3 is 2.91 bits per heavy atom. The third-order valence-corrected chi connectivity index (χ3v) is 4.79. The van der Waals surface area contributed by atoms with Crippen molar-refractivity contribution in [3.8, 4) is 0 Å². The molecule has 0 saturated carbocycles. The van der Waals surface area contributed by atoms with Gasteiger partial charge in [0, 0.05) is 25.6 Å². The van der Waals surface area contributed by atoms with Crippen LogP contribution in [0.15, 0.2) is 47.2 Å². The Hall–Kier alpha value is -1.85. The van der Waals surface area contributed by atoms with Crippen molar-refractivity contribution in [1.82, 2.24) is 10.2 Å². The van der Waals surface area contributed by atoms with Crippen molar-refractivity contribution in [3.63, 3.8) is 0 Å². The second-order valence-corrected chi connectivity index (χ2v) is 6.67. The van der Waals surface area contributed by atoms with Crippen LogP contribution in [0.25, 0.3) is 0 Å². The van der Waals surface area contributed by atoms with Gasteiger partial charge in [-0.2, -0.15) is 11.3 Å². The maximum Gasteiger partial charge on any atom is 0.317 e. The highest BCUT2D eigenvalue weighted by Gasteiger charge is 2.26. The lowest BCUT2D eigenvalue weighted by Crippen LogP contribution is -2.38. The molecule has 4 nitrogen and oxygen atoms in total. The van der Waals surface area contributed by atoms with Crippen LogP contribution in [-0.2, 0) is 17.9 Å². The molecule has 2 aromatic rings. The molecule has 0 spiro atoms. The number of carbonyl (C=O) groups excluding carboxylic acids is 1. The summed E-state index contributed by atoms with van der Waals surface area (Å²) in [6, 6.07) is 12.3. The zero-order valence-corrected chi connectivity index (χ0v) is 13.9. The molecule has 23 heavy (non-hydrogen) atoms. The molecular formula is C18H22N2O2S. The van der Waals surface area contributed by atoms with E-state index in [1.54, 1.807) is 11.3 Å². The number of amides is 2. The molecule has 1 aliphatic heterocycles. The van der Waals surface area contributed by atoms with Gasteiger partial charge in [0.05, 0.1) is 13.2 Å². The van der Waals surface area contributed by atoms with Crippen LogP contribution in [0.3, 0.4) is 0 Å². The molecule has 122 valence electrons. The summed E-state index contributed by atoms with van der Waals surface area (Å²) in [5, 5.41) is 7.07. The molecule has 1 atom stereocenters. The van der Waals surface area contributed by atoms with E-state index in [-0.39, 0.29) is 6.03 Å². The number of nitrogens with zero attached hydrogens (tertiary/aromatic N) is 1. The number of thiophene rings is 1. The summed E-state index contributed by atoms with van der Waals surface area (Å²) in [6.07, 6.45) is 1.01. The Morgan fingerprint density at radius 2 is 2.13 bits per heavy atom. The molecule has 0 unspecified atom stereocenters. The SMILES string of the molecule is O=C(NCc1ccsc1)N1CC[C@@H](COCc2ccccc2)C1. The van der Waals surface area contributed by atoms with E-state index in [0.29, 0.717) is 25.7 Å². The van der Waals surface area contributed by atoms with Gasteiger partial charge in [-0.3, -0.25) is 0 Å². The second-order valence-electron chi connectivity index (χ2n) is 5.89. The fourth-order valence-electron chi connectivity index (χ4n) is 2.75. The van der Waals surface area contributed by atoms with E-state index in [2.05, 4.69) is 22.8 Å². The van der Waals surface area contributed by atoms with Gasteiger partial charge in [0.1, 0.15) is 0 Å². The Kier molecular flexibility index (Phi) is 5.66. The Balaban J connectivity index is 1.35. The number of urea groups is 1. The number of hydrogen-bond acceptors (Lipinski definition) is 3. The van der Waals surface area contributed by atoms with Gasteiger partial charge in [-0.1, -0.05) is 30.3 Å². The maximum absolute atomic E-state index is 12.2. The van der Waals surface area contributed by atoms with Crippen molar-refractivity contribution in [2.24, 2.45) is 5.92 Å². The van der Waals surface area contributed by atoms with E-state index in [4.69, 9.17) is 4.74 Å². The molecule has 3 rings (SSSR count). The number of nitrogens with one attached hydrogen (secondary N) is 1. The molecular weight excluding hydrogens is 308 g/mol. The largest absolute Gasteiger partial charge is 0.376 e. The number of likely N-dealkylation sites (tertiary alicyclic amines) is 1. The van der Waals surface area contributed by atoms with Crippen LogP contribution in [0.5, 0.6) is 0 Å². The highest BCUT2D eigenvalue weighted by atomic mass is 32.1. The second kappa shape index (κ2) is 8.13. The fourth-order valence-corrected chi connectivity index (χ4v) is 3.42. The average Bonchev–Trinajstić information content (AvgIpc) is 3.25. The van der Waals surface area contributed by atoms with E-state index in [1.807, 2.05) is 34.5 Å². The standard InChI is InChI=1S/C18H22N2O2S/c21-18(19-10-16-7-9-23-14-16)20-8-6-17(11-20)13-22-12-15-4-2-1-3-5-15/h1-5,7,9,14,17H,6,8,10-13H2,(H,19,21)/t17-/m1/s1. The number of hydrogen-bond donors (Lipinski definition) is 1. The van der Waals surface area contributed by atoms with E-state index in [1.165, 1.54) is 5.56 Å². The minimum atomic E-state index is 0.0294. The minimum absolute atomic E-state index is 0.0294. The van der Waals surface area contributed by atoms with E-state index >= 15 is 0 Å². The fraction of sp³-hybridized carbons (Fsp3) is 0.389. The first kappa shape index (κ1) is 16.0. The van der Waals surface area contributed by atoms with Crippen molar-refractivity contribution >= 4 is 17.4 Å². The average molecular weight is 330 g/mol. The summed E-state index contributed by atoms with van der Waals surface area (Å²) in [4.78, 5) is 14.1. The van der Waals surface area contributed by atoms with Gasteiger partial charge in [-0.05, 0) is 34.4 Å². The first-order valence-corrected chi connectivity index (χ1v) is 8.91. The van der Waals surface area contributed by atoms with Gasteiger partial charge < -0.3 is 15.0 Å². The van der Waals surface area contributed by atoms with Crippen LogP contribution in [0.1, 0.15) is 17.5 Å². The molecule has 1 aromatic heterocycles. The summed E-state index contributed by atoms with van der Waals surface area (Å²) >= 11 is 1.65. The predicted octanol–water partition coefficient (Wildman–Crippen LogP) is 3.50. The van der Waals surface area contributed by atoms with Gasteiger partial charge >= 0.3 is 6.03 Å². The summed E-state index contributed by atoms with van der Waals surface area (Å²) in [7, 11) is 0. The number of ether oxygens (including phenoxy) is 1. The summed E-state index contributed by atoms with van der Waals surface area (Å²) in [5.74, 6) is 0.436. The smallest absolute Gasteiger partial charge is 0.317 e. The molecule has 2 amide bonds. The van der Waals surface area contributed by atoms with Crippen molar-refractivity contribution in [2.75, 3.05) is 19.7 Å². The molecule has 5 heteroatoms. The zero-order valence-electron chi connectivity index (χ0n) is 13.1. The summed E-state index contributed by atoms with van der Waals surface area (Å²) in [6.45, 7) is 3.55. The monoisotopic (exact) mass is 330 g/mol. The zero-order chi connectivity index (χ0) is 15.9. The Labute approximate surface area is 141 Å². The molecule has 0 aliphatic carbocycles. The van der Waals surface area contributed by atoms with Gasteiger partial charge in [-0.15, -0.1) is 0 Å².